The number of hydrogen-bond donors (Lipinski definition) is 0. The summed E-state index contributed by atoms with van der Waals surface area (Å²) in [5, 5.41) is 0. The molecule has 0 aromatic heterocycles. The summed E-state index contributed by atoms with van der Waals surface area (Å²) in [6.07, 6.45) is 5.15. The van der Waals surface area contributed by atoms with Crippen LogP contribution in [0.5, 0.6) is 0 Å². The van der Waals surface area contributed by atoms with Gasteiger partial charge >= 0.3 is 0 Å². The van der Waals surface area contributed by atoms with Gasteiger partial charge in [-0.25, -0.2) is 4.39 Å². The smallest absolute Gasteiger partial charge is 0.211 e. The van der Waals surface area contributed by atoms with Gasteiger partial charge in [-0.2, -0.15) is 0 Å². The first-order valence-corrected chi connectivity index (χ1v) is 9.31. The van der Waals surface area contributed by atoms with E-state index >= 15 is 0 Å². The van der Waals surface area contributed by atoms with Gasteiger partial charge in [0, 0.05) is 32.8 Å². The van der Waals surface area contributed by atoms with Gasteiger partial charge < -0.3 is 14.5 Å². The third kappa shape index (κ3) is 4.72. The molecule has 0 aromatic rings. The summed E-state index contributed by atoms with van der Waals surface area (Å²) in [4.78, 5) is 13.0. The standard InChI is InChI=1S/C20H33FN4O/c1-8-9-16-18(23-12-15-10-14(2)11-22-17(15)21)24(6)19(26-7)25(16)13-20(3,4)5/h9-11,15,17,19H,8,12-13H2,1-7H3. The number of halogens is 1. The molecule has 2 aliphatic heterocycles. The van der Waals surface area contributed by atoms with E-state index < -0.39 is 6.30 Å². The molecule has 5 nitrogen and oxygen atoms in total. The number of aliphatic imine (C=N–C) groups is 2. The first-order valence-electron chi connectivity index (χ1n) is 9.31. The molecule has 0 spiro atoms. The van der Waals surface area contributed by atoms with Gasteiger partial charge in [0.1, 0.15) is 0 Å². The molecule has 0 aliphatic carbocycles. The molecule has 0 aromatic carbocycles. The second kappa shape index (κ2) is 8.33. The highest BCUT2D eigenvalue weighted by molar-refractivity contribution is 5.99. The van der Waals surface area contributed by atoms with E-state index in [0.29, 0.717) is 6.54 Å². The molecular formula is C20H33FN4O. The van der Waals surface area contributed by atoms with Crippen LogP contribution in [0.3, 0.4) is 0 Å². The molecule has 6 heteroatoms. The number of methoxy groups -OCH3 is 1. The van der Waals surface area contributed by atoms with Crippen molar-refractivity contribution in [3.05, 3.63) is 23.4 Å². The van der Waals surface area contributed by atoms with Crippen LogP contribution >= 0.6 is 0 Å². The first-order chi connectivity index (χ1) is 12.2. The normalized spacial score (nSPS) is 29.8. The van der Waals surface area contributed by atoms with Crippen LogP contribution in [-0.2, 0) is 4.74 Å². The summed E-state index contributed by atoms with van der Waals surface area (Å²) >= 11 is 0. The Bertz CT molecular complexity index is 618. The van der Waals surface area contributed by atoms with E-state index in [-0.39, 0.29) is 17.7 Å². The van der Waals surface area contributed by atoms with Crippen LogP contribution < -0.4 is 0 Å². The molecule has 3 unspecified atom stereocenters. The second-order valence-corrected chi connectivity index (χ2v) is 8.25. The predicted molar refractivity (Wildman–Crippen MR) is 106 cm³/mol. The molecule has 0 N–H and O–H groups in total. The average molecular weight is 365 g/mol. The Morgan fingerprint density at radius 1 is 1.38 bits per heavy atom. The SMILES string of the molecule is CCC=C1C(=NCC2C=C(C)C=NC2F)N(C)C(OC)N1CC(C)(C)C. The lowest BCUT2D eigenvalue weighted by Gasteiger charge is -2.33. The number of allylic oxidation sites excluding steroid dienone is 2. The van der Waals surface area contributed by atoms with Crippen molar-refractivity contribution < 1.29 is 9.13 Å². The van der Waals surface area contributed by atoms with Crippen LogP contribution in [0.1, 0.15) is 41.0 Å². The van der Waals surface area contributed by atoms with Crippen LogP contribution in [0.25, 0.3) is 0 Å². The molecule has 146 valence electrons. The number of dihydropyridines is 1. The Morgan fingerprint density at radius 2 is 2.08 bits per heavy atom. The summed E-state index contributed by atoms with van der Waals surface area (Å²) in [6, 6.07) is 0. The van der Waals surface area contributed by atoms with Gasteiger partial charge in [0.2, 0.25) is 6.35 Å². The molecular weight excluding hydrogens is 331 g/mol. The highest BCUT2D eigenvalue weighted by Gasteiger charge is 2.39. The Balaban J connectivity index is 2.30. The zero-order valence-corrected chi connectivity index (χ0v) is 17.2. The summed E-state index contributed by atoms with van der Waals surface area (Å²) < 4.78 is 19.8. The maximum Gasteiger partial charge on any atom is 0.211 e. The Morgan fingerprint density at radius 3 is 2.65 bits per heavy atom. The molecule has 1 saturated heterocycles. The van der Waals surface area contributed by atoms with Crippen LogP contribution in [0.15, 0.2) is 33.4 Å². The molecule has 2 aliphatic rings. The number of amidine groups is 1. The fraction of sp³-hybridized carbons (Fsp3) is 0.700. The third-order valence-electron chi connectivity index (χ3n) is 4.43. The van der Waals surface area contributed by atoms with Gasteiger partial charge in [0.15, 0.2) is 12.1 Å². The van der Waals surface area contributed by atoms with Gasteiger partial charge in [-0.05, 0) is 24.3 Å². The Hall–Kier alpha value is -1.69. The second-order valence-electron chi connectivity index (χ2n) is 8.25. The van der Waals surface area contributed by atoms with Crippen molar-refractivity contribution in [1.82, 2.24) is 9.80 Å². The van der Waals surface area contributed by atoms with Crippen LogP contribution in [0.2, 0.25) is 0 Å². The highest BCUT2D eigenvalue weighted by Crippen LogP contribution is 2.30. The van der Waals surface area contributed by atoms with E-state index in [1.165, 1.54) is 0 Å². The molecule has 0 amide bonds. The van der Waals surface area contributed by atoms with Gasteiger partial charge in [-0.1, -0.05) is 39.8 Å². The van der Waals surface area contributed by atoms with Crippen molar-refractivity contribution in [2.75, 3.05) is 27.2 Å². The molecule has 2 rings (SSSR count). The van der Waals surface area contributed by atoms with Crippen LogP contribution in [-0.4, -0.2) is 61.7 Å². The van der Waals surface area contributed by atoms with Crippen LogP contribution in [0.4, 0.5) is 4.39 Å². The number of alkyl halides is 1. The van der Waals surface area contributed by atoms with Crippen molar-refractivity contribution in [3.8, 4) is 0 Å². The molecule has 26 heavy (non-hydrogen) atoms. The van der Waals surface area contributed by atoms with Crippen molar-refractivity contribution in [2.45, 2.75) is 53.7 Å². The number of ether oxygens (including phenoxy) is 1. The zero-order chi connectivity index (χ0) is 19.5. The minimum atomic E-state index is -1.22. The van der Waals surface area contributed by atoms with Crippen molar-refractivity contribution in [3.63, 3.8) is 0 Å². The van der Waals surface area contributed by atoms with Crippen LogP contribution in [0, 0.1) is 11.3 Å². The summed E-state index contributed by atoms with van der Waals surface area (Å²) in [7, 11) is 3.69. The lowest BCUT2D eigenvalue weighted by atomic mass is 9.96. The average Bonchev–Trinajstić information content (AvgIpc) is 2.78. The van der Waals surface area contributed by atoms with E-state index in [1.54, 1.807) is 13.3 Å². The van der Waals surface area contributed by atoms with Crippen molar-refractivity contribution in [2.24, 2.45) is 21.3 Å². The monoisotopic (exact) mass is 364 g/mol. The predicted octanol–water partition coefficient (Wildman–Crippen LogP) is 3.84. The maximum absolute atomic E-state index is 14.1. The van der Waals surface area contributed by atoms with E-state index in [4.69, 9.17) is 9.73 Å². The number of hydrogen-bond acceptors (Lipinski definition) is 4. The minimum absolute atomic E-state index is 0.113. The van der Waals surface area contributed by atoms with Gasteiger partial charge in [0.25, 0.3) is 0 Å². The maximum atomic E-state index is 14.1. The summed E-state index contributed by atoms with van der Waals surface area (Å²) in [5.41, 5.74) is 2.16. The fourth-order valence-electron chi connectivity index (χ4n) is 3.39. The Labute approximate surface area is 157 Å². The number of nitrogens with zero attached hydrogens (tertiary/aromatic N) is 4. The van der Waals surface area contributed by atoms with E-state index in [2.05, 4.69) is 43.7 Å². The number of rotatable bonds is 5. The number of likely N-dealkylation sites (N-methyl/N-ethyl adjacent to an activating group) is 1. The third-order valence-corrected chi connectivity index (χ3v) is 4.43. The first kappa shape index (κ1) is 20.6. The molecule has 0 radical (unpaired) electrons. The lowest BCUT2D eigenvalue weighted by molar-refractivity contribution is -0.0715. The van der Waals surface area contributed by atoms with E-state index in [9.17, 15) is 4.39 Å². The summed E-state index contributed by atoms with van der Waals surface area (Å²) in [6.45, 7) is 11.9. The molecule has 2 heterocycles. The molecule has 0 saturated carbocycles. The minimum Gasteiger partial charge on any atom is -0.344 e. The van der Waals surface area contributed by atoms with Gasteiger partial charge in [0.05, 0.1) is 12.2 Å². The van der Waals surface area contributed by atoms with Gasteiger partial charge in [-0.3, -0.25) is 9.98 Å². The molecule has 0 bridgehead atoms. The largest absolute Gasteiger partial charge is 0.344 e. The fourth-order valence-corrected chi connectivity index (χ4v) is 3.39. The van der Waals surface area contributed by atoms with Crippen molar-refractivity contribution >= 4 is 12.1 Å². The summed E-state index contributed by atoms with van der Waals surface area (Å²) in [5.74, 6) is 0.539. The Kier molecular flexibility index (Phi) is 6.61. The lowest BCUT2D eigenvalue weighted by Crippen LogP contribution is -2.42. The van der Waals surface area contributed by atoms with Crippen molar-refractivity contribution in [1.29, 1.82) is 0 Å². The highest BCUT2D eigenvalue weighted by atomic mass is 19.1. The molecule has 1 fully saturated rings. The van der Waals surface area contributed by atoms with E-state index in [0.717, 1.165) is 30.1 Å². The zero-order valence-electron chi connectivity index (χ0n) is 17.2. The topological polar surface area (TPSA) is 40.4 Å². The quantitative estimate of drug-likeness (QED) is 0.696. The molecule has 3 atom stereocenters. The van der Waals surface area contributed by atoms with Gasteiger partial charge in [-0.15, -0.1) is 0 Å². The van der Waals surface area contributed by atoms with E-state index in [1.807, 2.05) is 24.9 Å².